The number of carbonyl (C=O) groups is 1. The lowest BCUT2D eigenvalue weighted by Crippen LogP contribution is -2.49. The van der Waals surface area contributed by atoms with E-state index in [0.29, 0.717) is 24.2 Å². The minimum absolute atomic E-state index is 0.0902. The van der Waals surface area contributed by atoms with Crippen LogP contribution in [0.25, 0.3) is 0 Å². The first-order valence-electron chi connectivity index (χ1n) is 10.8. The van der Waals surface area contributed by atoms with Gasteiger partial charge in [0.2, 0.25) is 0 Å². The van der Waals surface area contributed by atoms with Gasteiger partial charge in [-0.15, -0.1) is 0 Å². The Balaban J connectivity index is 1.34. The summed E-state index contributed by atoms with van der Waals surface area (Å²) in [7, 11) is 0. The molecule has 0 saturated carbocycles. The lowest BCUT2D eigenvalue weighted by Gasteiger charge is -2.28. The number of nitrogens with zero attached hydrogens (tertiary/aromatic N) is 4. The molecule has 1 saturated heterocycles. The molecule has 0 spiro atoms. The summed E-state index contributed by atoms with van der Waals surface area (Å²) in [6.07, 6.45) is 1.80. The van der Waals surface area contributed by atoms with Crippen molar-refractivity contribution in [3.63, 3.8) is 0 Å². The molecule has 2 aromatic rings. The van der Waals surface area contributed by atoms with Gasteiger partial charge in [0.05, 0.1) is 0 Å². The SMILES string of the molecule is Cc1ccc(F)cc1N1C=C2N=C(C3CN(Cc4ccc(F)cc4)CC3C)NC(=O)N2C1. The summed E-state index contributed by atoms with van der Waals surface area (Å²) < 4.78 is 27.0. The summed E-state index contributed by atoms with van der Waals surface area (Å²) >= 11 is 0. The van der Waals surface area contributed by atoms with Crippen molar-refractivity contribution in [1.29, 1.82) is 0 Å². The lowest BCUT2D eigenvalue weighted by molar-refractivity contribution is 0.216. The molecular formula is C24H25F2N5O. The molecule has 1 N–H and O–H groups in total. The normalized spacial score (nSPS) is 23.2. The number of anilines is 1. The first kappa shape index (κ1) is 20.6. The highest BCUT2D eigenvalue weighted by Crippen LogP contribution is 2.32. The molecule has 2 unspecified atom stereocenters. The Morgan fingerprint density at radius 3 is 2.62 bits per heavy atom. The van der Waals surface area contributed by atoms with Gasteiger partial charge in [-0.1, -0.05) is 25.1 Å². The standard InChI is InChI=1S/C24H25F2N5O/c1-15-3-6-19(26)9-21(15)30-13-22-27-23(28-24(32)31(22)14-30)20-12-29(10-16(20)2)11-17-4-7-18(25)8-5-17/h3-9,13,16,20H,10-12,14H2,1-2H3,(H,27,28,32). The highest BCUT2D eigenvalue weighted by molar-refractivity contribution is 6.02. The van der Waals surface area contributed by atoms with Crippen molar-refractivity contribution in [2.24, 2.45) is 16.8 Å². The molecule has 8 heteroatoms. The zero-order valence-corrected chi connectivity index (χ0v) is 18.1. The number of amidine groups is 1. The summed E-state index contributed by atoms with van der Waals surface area (Å²) in [6.45, 7) is 6.71. The maximum absolute atomic E-state index is 13.8. The van der Waals surface area contributed by atoms with Crippen LogP contribution in [0.4, 0.5) is 19.3 Å². The number of rotatable bonds is 4. The second-order valence-electron chi connectivity index (χ2n) is 8.79. The molecule has 0 aromatic heterocycles. The highest BCUT2D eigenvalue weighted by atomic mass is 19.1. The molecule has 3 aliphatic rings. The summed E-state index contributed by atoms with van der Waals surface area (Å²) in [4.78, 5) is 23.3. The fourth-order valence-electron chi connectivity index (χ4n) is 4.67. The van der Waals surface area contributed by atoms with Crippen LogP contribution in [-0.2, 0) is 6.54 Å². The molecule has 2 aromatic carbocycles. The molecule has 0 radical (unpaired) electrons. The Kier molecular flexibility index (Phi) is 5.17. The van der Waals surface area contributed by atoms with Crippen LogP contribution in [0, 0.1) is 30.4 Å². The summed E-state index contributed by atoms with van der Waals surface area (Å²) in [5.74, 6) is 1.08. The number of likely N-dealkylation sites (tertiary alicyclic amines) is 1. The number of aryl methyl sites for hydroxylation is 1. The second kappa shape index (κ2) is 8.02. The van der Waals surface area contributed by atoms with E-state index in [0.717, 1.165) is 36.4 Å². The third-order valence-corrected chi connectivity index (χ3v) is 6.40. The van der Waals surface area contributed by atoms with Gasteiger partial charge in [0.15, 0.2) is 5.82 Å². The van der Waals surface area contributed by atoms with Crippen molar-refractivity contribution in [3.05, 3.63) is 77.2 Å². The number of nitrogens with one attached hydrogen (secondary N) is 1. The van der Waals surface area contributed by atoms with E-state index in [4.69, 9.17) is 4.99 Å². The van der Waals surface area contributed by atoms with Crippen LogP contribution >= 0.6 is 0 Å². The number of aliphatic imine (C=N–C) groups is 1. The highest BCUT2D eigenvalue weighted by Gasteiger charge is 2.39. The first-order chi connectivity index (χ1) is 15.4. The zero-order chi connectivity index (χ0) is 22.4. The topological polar surface area (TPSA) is 51.2 Å². The number of halogens is 2. The van der Waals surface area contributed by atoms with Crippen LogP contribution in [-0.4, -0.2) is 41.4 Å². The van der Waals surface area contributed by atoms with Gasteiger partial charge in [0, 0.05) is 37.4 Å². The fourth-order valence-corrected chi connectivity index (χ4v) is 4.67. The van der Waals surface area contributed by atoms with Crippen molar-refractivity contribution in [2.45, 2.75) is 20.4 Å². The maximum Gasteiger partial charge on any atom is 0.329 e. The van der Waals surface area contributed by atoms with E-state index in [-0.39, 0.29) is 23.6 Å². The predicted molar refractivity (Wildman–Crippen MR) is 119 cm³/mol. The molecule has 3 aliphatic heterocycles. The molecule has 5 rings (SSSR count). The van der Waals surface area contributed by atoms with Gasteiger partial charge < -0.3 is 4.90 Å². The molecule has 32 heavy (non-hydrogen) atoms. The Labute approximate surface area is 185 Å². The molecule has 1 fully saturated rings. The van der Waals surface area contributed by atoms with Crippen molar-refractivity contribution < 1.29 is 13.6 Å². The molecule has 166 valence electrons. The van der Waals surface area contributed by atoms with Crippen molar-refractivity contribution >= 4 is 17.6 Å². The Morgan fingerprint density at radius 2 is 1.84 bits per heavy atom. The summed E-state index contributed by atoms with van der Waals surface area (Å²) in [5, 5.41) is 2.97. The molecular weight excluding hydrogens is 412 g/mol. The monoisotopic (exact) mass is 437 g/mol. The third kappa shape index (κ3) is 3.86. The van der Waals surface area contributed by atoms with E-state index in [1.807, 2.05) is 11.8 Å². The van der Waals surface area contributed by atoms with Gasteiger partial charge in [-0.05, 0) is 48.2 Å². The minimum Gasteiger partial charge on any atom is -0.325 e. The number of hydrogen-bond acceptors (Lipinski definition) is 4. The van der Waals surface area contributed by atoms with E-state index >= 15 is 0 Å². The molecule has 0 aliphatic carbocycles. The number of carbonyl (C=O) groups excluding carboxylic acids is 1. The molecule has 0 bridgehead atoms. The lowest BCUT2D eigenvalue weighted by atomic mass is 9.96. The molecule has 6 nitrogen and oxygen atoms in total. The van der Waals surface area contributed by atoms with Gasteiger partial charge in [-0.25, -0.2) is 18.6 Å². The number of benzene rings is 2. The van der Waals surface area contributed by atoms with E-state index in [2.05, 4.69) is 17.1 Å². The van der Waals surface area contributed by atoms with Crippen molar-refractivity contribution in [3.8, 4) is 0 Å². The van der Waals surface area contributed by atoms with Gasteiger partial charge >= 0.3 is 6.03 Å². The van der Waals surface area contributed by atoms with Crippen LogP contribution in [0.15, 0.2) is 59.5 Å². The van der Waals surface area contributed by atoms with Crippen LogP contribution in [0.2, 0.25) is 0 Å². The molecule has 2 atom stereocenters. The van der Waals surface area contributed by atoms with E-state index < -0.39 is 0 Å². The van der Waals surface area contributed by atoms with Crippen molar-refractivity contribution in [1.82, 2.24) is 15.1 Å². The average molecular weight is 437 g/mol. The maximum atomic E-state index is 13.8. The van der Waals surface area contributed by atoms with Crippen LogP contribution in [0.1, 0.15) is 18.1 Å². The van der Waals surface area contributed by atoms with E-state index in [1.54, 1.807) is 29.3 Å². The largest absolute Gasteiger partial charge is 0.329 e. The molecule has 3 heterocycles. The minimum atomic E-state index is -0.316. The second-order valence-corrected chi connectivity index (χ2v) is 8.79. The number of fused-ring (bicyclic) bond motifs is 1. The van der Waals surface area contributed by atoms with Crippen LogP contribution < -0.4 is 10.2 Å². The average Bonchev–Trinajstić information content (AvgIpc) is 3.35. The van der Waals surface area contributed by atoms with Crippen molar-refractivity contribution in [2.75, 3.05) is 24.7 Å². The summed E-state index contributed by atoms with van der Waals surface area (Å²) in [6, 6.07) is 11.0. The quantitative estimate of drug-likeness (QED) is 0.786. The van der Waals surface area contributed by atoms with Gasteiger partial charge in [-0.2, -0.15) is 0 Å². The molecule has 2 amide bonds. The Morgan fingerprint density at radius 1 is 1.09 bits per heavy atom. The van der Waals surface area contributed by atoms with Gasteiger partial charge in [-0.3, -0.25) is 15.1 Å². The van der Waals surface area contributed by atoms with E-state index in [1.165, 1.54) is 24.3 Å². The van der Waals surface area contributed by atoms with Crippen LogP contribution in [0.3, 0.4) is 0 Å². The Hall–Kier alpha value is -3.26. The van der Waals surface area contributed by atoms with Gasteiger partial charge in [0.1, 0.15) is 24.1 Å². The van der Waals surface area contributed by atoms with Crippen LogP contribution in [0.5, 0.6) is 0 Å². The fraction of sp³-hybridized carbons (Fsp3) is 0.333. The number of amides is 2. The zero-order valence-electron chi connectivity index (χ0n) is 18.1. The van der Waals surface area contributed by atoms with E-state index in [9.17, 15) is 13.6 Å². The number of hydrogen-bond donors (Lipinski definition) is 1. The van der Waals surface area contributed by atoms with Gasteiger partial charge in [0.25, 0.3) is 0 Å². The predicted octanol–water partition coefficient (Wildman–Crippen LogP) is 4.04. The number of urea groups is 1. The third-order valence-electron chi connectivity index (χ3n) is 6.40. The summed E-state index contributed by atoms with van der Waals surface area (Å²) in [5.41, 5.74) is 2.70. The Bertz CT molecular complexity index is 1110. The smallest absolute Gasteiger partial charge is 0.325 e. The first-order valence-corrected chi connectivity index (χ1v) is 10.8.